The molecule has 0 saturated carbocycles. The van der Waals surface area contributed by atoms with Gasteiger partial charge in [-0.15, -0.1) is 0 Å². The van der Waals surface area contributed by atoms with Gasteiger partial charge in [-0.25, -0.2) is 4.39 Å². The second-order valence-corrected chi connectivity index (χ2v) is 6.75. The summed E-state index contributed by atoms with van der Waals surface area (Å²) in [4.78, 5) is 18.5. The summed E-state index contributed by atoms with van der Waals surface area (Å²) < 4.78 is 19.1. The largest absolute Gasteiger partial charge is 0.339 e. The van der Waals surface area contributed by atoms with Crippen molar-refractivity contribution in [2.24, 2.45) is 0 Å². The molecule has 0 unspecified atom stereocenters. The van der Waals surface area contributed by atoms with Crippen LogP contribution in [0.15, 0.2) is 39.5 Å². The number of thiophene rings is 1. The minimum atomic E-state index is -0.243. The molecule has 0 bridgehead atoms. The van der Waals surface area contributed by atoms with E-state index >= 15 is 0 Å². The number of carbonyl (C=O) groups is 1. The number of benzene rings is 1. The van der Waals surface area contributed by atoms with Crippen LogP contribution in [0.4, 0.5) is 4.39 Å². The highest BCUT2D eigenvalue weighted by atomic mass is 32.1. The van der Waals surface area contributed by atoms with Crippen molar-refractivity contribution in [2.45, 2.75) is 25.8 Å². The topological polar surface area (TPSA) is 59.2 Å². The van der Waals surface area contributed by atoms with Gasteiger partial charge in [0.1, 0.15) is 5.82 Å². The van der Waals surface area contributed by atoms with E-state index in [1.807, 2.05) is 22.9 Å². The fourth-order valence-corrected chi connectivity index (χ4v) is 3.62. The Balaban J connectivity index is 1.38. The molecule has 2 aromatic heterocycles. The molecule has 1 aliphatic rings. The van der Waals surface area contributed by atoms with Crippen LogP contribution in [0.5, 0.6) is 0 Å². The number of aromatic nitrogens is 2. The molecule has 128 valence electrons. The Morgan fingerprint density at radius 1 is 1.36 bits per heavy atom. The average Bonchev–Trinajstić information content (AvgIpc) is 3.31. The van der Waals surface area contributed by atoms with E-state index in [1.165, 1.54) is 6.07 Å². The third-order valence-electron chi connectivity index (χ3n) is 4.37. The van der Waals surface area contributed by atoms with Gasteiger partial charge in [-0.1, -0.05) is 17.3 Å². The molecule has 0 N–H and O–H groups in total. The number of fused-ring (bicyclic) bond motifs is 1. The summed E-state index contributed by atoms with van der Waals surface area (Å²) in [5.74, 6) is 0.715. The van der Waals surface area contributed by atoms with Crippen LogP contribution in [0, 0.1) is 5.82 Å². The first-order chi connectivity index (χ1) is 12.2. The molecule has 0 fully saturated rings. The molecule has 0 spiro atoms. The van der Waals surface area contributed by atoms with Gasteiger partial charge >= 0.3 is 0 Å². The summed E-state index contributed by atoms with van der Waals surface area (Å²) in [5.41, 5.74) is 2.52. The number of nitrogens with zero attached hydrogens (tertiary/aromatic N) is 3. The fraction of sp³-hybridized carbons (Fsp3) is 0.278. The summed E-state index contributed by atoms with van der Waals surface area (Å²) in [6.07, 6.45) is 1.34. The molecule has 4 rings (SSSR count). The lowest BCUT2D eigenvalue weighted by atomic mass is 9.99. The van der Waals surface area contributed by atoms with E-state index in [0.29, 0.717) is 43.2 Å². The maximum atomic E-state index is 13.9. The Hall–Kier alpha value is -2.54. The van der Waals surface area contributed by atoms with Crippen molar-refractivity contribution in [3.63, 3.8) is 0 Å². The van der Waals surface area contributed by atoms with Crippen molar-refractivity contribution in [3.8, 4) is 11.4 Å². The van der Waals surface area contributed by atoms with Crippen LogP contribution in [-0.4, -0.2) is 27.5 Å². The molecule has 7 heteroatoms. The fourth-order valence-electron chi connectivity index (χ4n) is 2.99. The van der Waals surface area contributed by atoms with Gasteiger partial charge in [-0.2, -0.15) is 16.3 Å². The molecule has 1 amide bonds. The Morgan fingerprint density at radius 2 is 2.28 bits per heavy atom. The third-order valence-corrected chi connectivity index (χ3v) is 5.05. The Labute approximate surface area is 148 Å². The zero-order valence-corrected chi connectivity index (χ0v) is 14.3. The number of hydrogen-bond acceptors (Lipinski definition) is 5. The quantitative estimate of drug-likeness (QED) is 0.717. The summed E-state index contributed by atoms with van der Waals surface area (Å²) in [5, 5.41) is 7.83. The number of hydrogen-bond donors (Lipinski definition) is 0. The van der Waals surface area contributed by atoms with E-state index in [4.69, 9.17) is 4.52 Å². The molecule has 1 aromatic carbocycles. The van der Waals surface area contributed by atoms with Crippen LogP contribution in [0.2, 0.25) is 0 Å². The Bertz CT molecular complexity index is 892. The molecule has 0 radical (unpaired) electrons. The number of carbonyl (C=O) groups excluding carboxylic acids is 1. The monoisotopic (exact) mass is 357 g/mol. The normalized spacial score (nSPS) is 13.7. The second-order valence-electron chi connectivity index (χ2n) is 5.97. The second kappa shape index (κ2) is 6.76. The lowest BCUT2D eigenvalue weighted by Gasteiger charge is -2.29. The van der Waals surface area contributed by atoms with Crippen molar-refractivity contribution in [1.82, 2.24) is 15.0 Å². The average molecular weight is 357 g/mol. The number of halogens is 1. The first kappa shape index (κ1) is 16.0. The Morgan fingerprint density at radius 3 is 3.12 bits per heavy atom. The standard InChI is InChI=1S/C18H16FN3O2S/c19-15-3-1-2-12-6-8-22(10-14(12)15)17(23)5-4-16-20-18(21-24-16)13-7-9-25-11-13/h1-3,7,9,11H,4-6,8,10H2. The number of aryl methyl sites for hydroxylation is 1. The van der Waals surface area contributed by atoms with Crippen molar-refractivity contribution >= 4 is 17.2 Å². The maximum Gasteiger partial charge on any atom is 0.227 e. The molecule has 3 aromatic rings. The van der Waals surface area contributed by atoms with Gasteiger partial charge < -0.3 is 9.42 Å². The van der Waals surface area contributed by atoms with Gasteiger partial charge in [0.2, 0.25) is 17.6 Å². The molecule has 0 aliphatic carbocycles. The van der Waals surface area contributed by atoms with Gasteiger partial charge in [-0.05, 0) is 29.5 Å². The maximum absolute atomic E-state index is 13.9. The molecule has 3 heterocycles. The van der Waals surface area contributed by atoms with E-state index < -0.39 is 0 Å². The molecular weight excluding hydrogens is 341 g/mol. The first-order valence-electron chi connectivity index (χ1n) is 8.10. The predicted octanol–water partition coefficient (Wildman–Crippen LogP) is 3.45. The van der Waals surface area contributed by atoms with E-state index in [-0.39, 0.29) is 18.1 Å². The zero-order valence-electron chi connectivity index (χ0n) is 13.4. The van der Waals surface area contributed by atoms with E-state index in [2.05, 4.69) is 10.1 Å². The van der Waals surface area contributed by atoms with Gasteiger partial charge in [-0.3, -0.25) is 4.79 Å². The molecule has 0 atom stereocenters. The highest BCUT2D eigenvalue weighted by Crippen LogP contribution is 2.23. The number of amides is 1. The molecule has 1 aliphatic heterocycles. The third kappa shape index (κ3) is 3.32. The van der Waals surface area contributed by atoms with E-state index in [0.717, 1.165) is 11.1 Å². The highest BCUT2D eigenvalue weighted by molar-refractivity contribution is 7.08. The minimum absolute atomic E-state index is 0.0239. The van der Waals surface area contributed by atoms with Gasteiger partial charge in [0, 0.05) is 42.4 Å². The van der Waals surface area contributed by atoms with Gasteiger partial charge in [0.15, 0.2) is 0 Å². The summed E-state index contributed by atoms with van der Waals surface area (Å²) >= 11 is 1.56. The van der Waals surface area contributed by atoms with Crippen LogP contribution >= 0.6 is 11.3 Å². The molecule has 25 heavy (non-hydrogen) atoms. The van der Waals surface area contributed by atoms with Crippen molar-refractivity contribution < 1.29 is 13.7 Å². The lowest BCUT2D eigenvalue weighted by molar-refractivity contribution is -0.132. The lowest BCUT2D eigenvalue weighted by Crippen LogP contribution is -2.36. The van der Waals surface area contributed by atoms with Gasteiger partial charge in [0.25, 0.3) is 0 Å². The molecular formula is C18H16FN3O2S. The zero-order chi connectivity index (χ0) is 17.2. The van der Waals surface area contributed by atoms with E-state index in [1.54, 1.807) is 22.3 Å². The van der Waals surface area contributed by atoms with Crippen LogP contribution in [0.3, 0.4) is 0 Å². The van der Waals surface area contributed by atoms with Crippen molar-refractivity contribution in [3.05, 3.63) is 57.9 Å². The van der Waals surface area contributed by atoms with Crippen LogP contribution in [0.1, 0.15) is 23.4 Å². The summed E-state index contributed by atoms with van der Waals surface area (Å²) in [6.45, 7) is 0.935. The Kier molecular flexibility index (Phi) is 4.31. The summed E-state index contributed by atoms with van der Waals surface area (Å²) in [7, 11) is 0. The van der Waals surface area contributed by atoms with Crippen LogP contribution < -0.4 is 0 Å². The first-order valence-corrected chi connectivity index (χ1v) is 9.04. The van der Waals surface area contributed by atoms with Gasteiger partial charge in [0.05, 0.1) is 0 Å². The van der Waals surface area contributed by atoms with Crippen LogP contribution in [-0.2, 0) is 24.2 Å². The molecule has 0 saturated heterocycles. The molecule has 5 nitrogen and oxygen atoms in total. The smallest absolute Gasteiger partial charge is 0.227 e. The number of rotatable bonds is 4. The predicted molar refractivity (Wildman–Crippen MR) is 91.5 cm³/mol. The van der Waals surface area contributed by atoms with E-state index in [9.17, 15) is 9.18 Å². The van der Waals surface area contributed by atoms with Crippen molar-refractivity contribution in [2.75, 3.05) is 6.54 Å². The SMILES string of the molecule is O=C(CCc1nc(-c2ccsc2)no1)N1CCc2cccc(F)c2C1. The van der Waals surface area contributed by atoms with Crippen LogP contribution in [0.25, 0.3) is 11.4 Å². The highest BCUT2D eigenvalue weighted by Gasteiger charge is 2.23. The minimum Gasteiger partial charge on any atom is -0.339 e. The van der Waals surface area contributed by atoms with Crippen molar-refractivity contribution in [1.29, 1.82) is 0 Å². The summed E-state index contributed by atoms with van der Waals surface area (Å²) in [6, 6.07) is 7.00.